The zero-order chi connectivity index (χ0) is 12.7. The van der Waals surface area contributed by atoms with Crippen molar-refractivity contribution in [3.8, 4) is 0 Å². The molecule has 0 saturated heterocycles. The van der Waals surface area contributed by atoms with Crippen LogP contribution in [0.4, 0.5) is 0 Å². The fraction of sp³-hybridized carbons (Fsp3) is 0.818. The van der Waals surface area contributed by atoms with Crippen molar-refractivity contribution in [1.29, 1.82) is 0 Å². The van der Waals surface area contributed by atoms with E-state index in [-0.39, 0.29) is 18.6 Å². The van der Waals surface area contributed by atoms with Gasteiger partial charge in [0, 0.05) is 7.05 Å². The molecule has 1 unspecified atom stereocenters. The molecule has 5 nitrogen and oxygen atoms in total. The molecule has 1 aliphatic rings. The highest BCUT2D eigenvalue weighted by Gasteiger charge is 2.66. The van der Waals surface area contributed by atoms with E-state index in [1.807, 2.05) is 0 Å². The number of amides is 1. The summed E-state index contributed by atoms with van der Waals surface area (Å²) in [5.41, 5.74) is -0.480. The van der Waals surface area contributed by atoms with E-state index in [1.165, 1.54) is 4.90 Å². The Morgan fingerprint density at radius 1 is 1.38 bits per heavy atom. The third kappa shape index (κ3) is 1.91. The maximum atomic E-state index is 12.0. The van der Waals surface area contributed by atoms with Crippen LogP contribution in [0.3, 0.4) is 0 Å². The van der Waals surface area contributed by atoms with Crippen LogP contribution in [0.25, 0.3) is 0 Å². The van der Waals surface area contributed by atoms with Gasteiger partial charge in [-0.25, -0.2) is 0 Å². The maximum absolute atomic E-state index is 12.0. The molecule has 2 N–H and O–H groups in total. The molecule has 0 spiro atoms. The predicted octanol–water partition coefficient (Wildman–Crippen LogP) is 0.182. The number of carbonyl (C=O) groups excluding carboxylic acids is 1. The highest BCUT2D eigenvalue weighted by Crippen LogP contribution is 2.59. The molecule has 1 aliphatic carbocycles. The number of carboxylic acids is 1. The number of hydrogen-bond acceptors (Lipinski definition) is 3. The molecule has 1 rings (SSSR count). The summed E-state index contributed by atoms with van der Waals surface area (Å²) in [6, 6.07) is -0.279. The number of likely N-dealkylation sites (N-methyl/N-ethyl adjacent to an activating group) is 1. The molecule has 0 heterocycles. The van der Waals surface area contributed by atoms with Crippen molar-refractivity contribution in [2.24, 2.45) is 17.3 Å². The molecule has 1 fully saturated rings. The molecule has 92 valence electrons. The number of aliphatic carboxylic acids is 1. The first-order chi connectivity index (χ1) is 7.25. The second kappa shape index (κ2) is 4.05. The lowest BCUT2D eigenvalue weighted by atomic mass is 10.1. The Bertz CT molecular complexity index is 313. The van der Waals surface area contributed by atoms with Gasteiger partial charge in [0.1, 0.15) is 0 Å². The topological polar surface area (TPSA) is 77.8 Å². The van der Waals surface area contributed by atoms with Gasteiger partial charge >= 0.3 is 5.97 Å². The molecule has 0 aromatic heterocycles. The van der Waals surface area contributed by atoms with Gasteiger partial charge in [0.05, 0.1) is 24.5 Å². The minimum absolute atomic E-state index is 0.118. The van der Waals surface area contributed by atoms with Gasteiger partial charge in [0.25, 0.3) is 0 Å². The molecule has 3 atom stereocenters. The van der Waals surface area contributed by atoms with Crippen molar-refractivity contribution < 1.29 is 19.8 Å². The van der Waals surface area contributed by atoms with Crippen molar-refractivity contribution in [2.75, 3.05) is 13.7 Å². The summed E-state index contributed by atoms with van der Waals surface area (Å²) in [7, 11) is 1.59. The minimum atomic E-state index is -0.923. The number of aliphatic hydroxyl groups is 1. The second-order valence-electron chi connectivity index (χ2n) is 5.10. The van der Waals surface area contributed by atoms with E-state index in [9.17, 15) is 9.59 Å². The van der Waals surface area contributed by atoms with Gasteiger partial charge < -0.3 is 15.1 Å². The fourth-order valence-corrected chi connectivity index (χ4v) is 2.12. The van der Waals surface area contributed by atoms with Gasteiger partial charge in [-0.15, -0.1) is 0 Å². The number of carboxylic acid groups (broad SMARTS) is 1. The van der Waals surface area contributed by atoms with Gasteiger partial charge in [-0.2, -0.15) is 0 Å². The molecule has 0 bridgehead atoms. The lowest BCUT2D eigenvalue weighted by Crippen LogP contribution is -2.39. The number of rotatable bonds is 4. The van der Waals surface area contributed by atoms with Gasteiger partial charge in [-0.05, 0) is 12.3 Å². The molecule has 0 aromatic carbocycles. The number of carbonyl (C=O) groups is 2. The number of aliphatic hydroxyl groups excluding tert-OH is 1. The van der Waals surface area contributed by atoms with Crippen LogP contribution in [0.5, 0.6) is 0 Å². The lowest BCUT2D eigenvalue weighted by molar-refractivity contribution is -0.142. The van der Waals surface area contributed by atoms with E-state index in [0.717, 1.165) is 0 Å². The SMILES string of the molecule is CC(CO)N(C)C(=O)[C@H]1[C@@H](C(=O)O)C1(C)C. The van der Waals surface area contributed by atoms with E-state index in [2.05, 4.69) is 0 Å². The quantitative estimate of drug-likeness (QED) is 0.721. The molecular weight excluding hydrogens is 210 g/mol. The Hall–Kier alpha value is -1.10. The fourth-order valence-electron chi connectivity index (χ4n) is 2.12. The van der Waals surface area contributed by atoms with Crippen LogP contribution in [-0.2, 0) is 9.59 Å². The van der Waals surface area contributed by atoms with E-state index < -0.39 is 23.2 Å². The van der Waals surface area contributed by atoms with Gasteiger partial charge in [-0.1, -0.05) is 13.8 Å². The molecule has 0 aliphatic heterocycles. The Morgan fingerprint density at radius 3 is 2.19 bits per heavy atom. The van der Waals surface area contributed by atoms with Gasteiger partial charge in [0.2, 0.25) is 5.91 Å². The van der Waals surface area contributed by atoms with Crippen LogP contribution < -0.4 is 0 Å². The summed E-state index contributed by atoms with van der Waals surface area (Å²) in [5.74, 6) is -2.19. The van der Waals surface area contributed by atoms with Crippen molar-refractivity contribution >= 4 is 11.9 Å². The Balaban J connectivity index is 2.74. The maximum Gasteiger partial charge on any atom is 0.307 e. The smallest absolute Gasteiger partial charge is 0.307 e. The normalized spacial score (nSPS) is 28.3. The monoisotopic (exact) mass is 229 g/mol. The zero-order valence-electron chi connectivity index (χ0n) is 10.1. The molecular formula is C11H19NO4. The van der Waals surface area contributed by atoms with Crippen molar-refractivity contribution in [3.05, 3.63) is 0 Å². The van der Waals surface area contributed by atoms with Crippen LogP contribution in [-0.4, -0.2) is 46.7 Å². The second-order valence-corrected chi connectivity index (χ2v) is 5.10. The van der Waals surface area contributed by atoms with Crippen molar-refractivity contribution in [2.45, 2.75) is 26.8 Å². The first-order valence-corrected chi connectivity index (χ1v) is 5.35. The standard InChI is InChI=1S/C11H19NO4/c1-6(5-13)12(4)9(14)7-8(10(15)16)11(7,2)3/h6-8,13H,5H2,1-4H3,(H,15,16)/t6?,7-,8+/m1/s1. The van der Waals surface area contributed by atoms with Gasteiger partial charge in [-0.3, -0.25) is 9.59 Å². The predicted molar refractivity (Wildman–Crippen MR) is 57.7 cm³/mol. The molecule has 5 heteroatoms. The van der Waals surface area contributed by atoms with E-state index in [1.54, 1.807) is 27.8 Å². The first-order valence-electron chi connectivity index (χ1n) is 5.35. The summed E-state index contributed by atoms with van der Waals surface area (Å²) in [5, 5.41) is 17.9. The lowest BCUT2D eigenvalue weighted by Gasteiger charge is -2.23. The van der Waals surface area contributed by atoms with E-state index in [4.69, 9.17) is 10.2 Å². The number of hydrogen-bond donors (Lipinski definition) is 2. The first kappa shape index (κ1) is 13.0. The average molecular weight is 229 g/mol. The summed E-state index contributed by atoms with van der Waals surface area (Å²) in [6.45, 7) is 5.17. The highest BCUT2D eigenvalue weighted by molar-refractivity contribution is 5.91. The van der Waals surface area contributed by atoms with Crippen molar-refractivity contribution in [3.63, 3.8) is 0 Å². The Kier molecular flexibility index (Phi) is 3.28. The van der Waals surface area contributed by atoms with Crippen LogP contribution >= 0.6 is 0 Å². The third-order valence-corrected chi connectivity index (χ3v) is 3.63. The zero-order valence-corrected chi connectivity index (χ0v) is 10.1. The summed E-state index contributed by atoms with van der Waals surface area (Å²) in [4.78, 5) is 24.3. The molecule has 16 heavy (non-hydrogen) atoms. The third-order valence-electron chi connectivity index (χ3n) is 3.63. The van der Waals surface area contributed by atoms with E-state index in [0.29, 0.717) is 0 Å². The van der Waals surface area contributed by atoms with Crippen LogP contribution in [0.1, 0.15) is 20.8 Å². The van der Waals surface area contributed by atoms with Crippen LogP contribution in [0.15, 0.2) is 0 Å². The van der Waals surface area contributed by atoms with Crippen LogP contribution in [0, 0.1) is 17.3 Å². The summed E-state index contributed by atoms with van der Waals surface area (Å²) < 4.78 is 0. The summed E-state index contributed by atoms with van der Waals surface area (Å²) in [6.07, 6.45) is 0. The molecule has 0 radical (unpaired) electrons. The molecule has 0 aromatic rings. The van der Waals surface area contributed by atoms with Crippen LogP contribution in [0.2, 0.25) is 0 Å². The van der Waals surface area contributed by atoms with E-state index >= 15 is 0 Å². The minimum Gasteiger partial charge on any atom is -0.481 e. The number of nitrogens with zero attached hydrogens (tertiary/aromatic N) is 1. The largest absolute Gasteiger partial charge is 0.481 e. The highest BCUT2D eigenvalue weighted by atomic mass is 16.4. The van der Waals surface area contributed by atoms with Crippen molar-refractivity contribution in [1.82, 2.24) is 4.90 Å². The average Bonchev–Trinajstić information content (AvgIpc) is 2.78. The molecule has 1 saturated carbocycles. The van der Waals surface area contributed by atoms with Gasteiger partial charge in [0.15, 0.2) is 0 Å². The summed E-state index contributed by atoms with van der Waals surface area (Å²) >= 11 is 0. The Morgan fingerprint density at radius 2 is 1.88 bits per heavy atom. The Labute approximate surface area is 95.1 Å². The molecule has 1 amide bonds.